The molecular weight excluding hydrogens is 236 g/mol. The molecule has 0 atom stereocenters. The SMILES string of the molecule is CN(C)C/C=C/c1ccc(-c2ccnc(N)n2)cc1. The zero-order valence-electron chi connectivity index (χ0n) is 11.2. The number of rotatable bonds is 4. The second-order valence-corrected chi connectivity index (χ2v) is 4.59. The van der Waals surface area contributed by atoms with E-state index >= 15 is 0 Å². The third-order valence-corrected chi connectivity index (χ3v) is 2.66. The normalized spacial score (nSPS) is 11.3. The van der Waals surface area contributed by atoms with Crippen molar-refractivity contribution >= 4 is 12.0 Å². The maximum absolute atomic E-state index is 5.58. The smallest absolute Gasteiger partial charge is 0.220 e. The molecule has 0 bridgehead atoms. The standard InChI is InChI=1S/C15H18N4/c1-19(2)11-3-4-12-5-7-13(8-6-12)14-9-10-17-15(16)18-14/h3-10H,11H2,1-2H3,(H2,16,17,18)/b4-3+. The summed E-state index contributed by atoms with van der Waals surface area (Å²) in [6.45, 7) is 0.935. The molecule has 98 valence electrons. The maximum Gasteiger partial charge on any atom is 0.220 e. The molecule has 1 aromatic carbocycles. The van der Waals surface area contributed by atoms with Crippen molar-refractivity contribution in [3.63, 3.8) is 0 Å². The van der Waals surface area contributed by atoms with Crippen LogP contribution in [0, 0.1) is 0 Å². The molecular formula is C15H18N4. The summed E-state index contributed by atoms with van der Waals surface area (Å²) in [5, 5.41) is 0. The molecule has 0 fully saturated rings. The Morgan fingerprint density at radius 3 is 2.53 bits per heavy atom. The lowest BCUT2D eigenvalue weighted by molar-refractivity contribution is 0.457. The van der Waals surface area contributed by atoms with E-state index in [4.69, 9.17) is 5.73 Å². The highest BCUT2D eigenvalue weighted by Crippen LogP contribution is 2.18. The Balaban J connectivity index is 2.12. The molecule has 0 saturated heterocycles. The van der Waals surface area contributed by atoms with Crippen LogP contribution in [-0.2, 0) is 0 Å². The van der Waals surface area contributed by atoms with E-state index in [-0.39, 0.29) is 0 Å². The third kappa shape index (κ3) is 3.89. The summed E-state index contributed by atoms with van der Waals surface area (Å²) < 4.78 is 0. The van der Waals surface area contributed by atoms with E-state index in [0.717, 1.165) is 17.8 Å². The average Bonchev–Trinajstić information content (AvgIpc) is 2.39. The van der Waals surface area contributed by atoms with Gasteiger partial charge in [-0.25, -0.2) is 9.97 Å². The van der Waals surface area contributed by atoms with Crippen LogP contribution in [0.15, 0.2) is 42.6 Å². The number of nitrogen functional groups attached to an aromatic ring is 1. The van der Waals surface area contributed by atoms with E-state index in [2.05, 4.69) is 39.2 Å². The Morgan fingerprint density at radius 2 is 1.89 bits per heavy atom. The quantitative estimate of drug-likeness (QED) is 0.909. The number of nitrogens with two attached hydrogens (primary N) is 1. The molecule has 0 aliphatic heterocycles. The average molecular weight is 254 g/mol. The van der Waals surface area contributed by atoms with Gasteiger partial charge in [0.05, 0.1) is 5.69 Å². The Hall–Kier alpha value is -2.20. The summed E-state index contributed by atoms with van der Waals surface area (Å²) in [5.74, 6) is 0.299. The van der Waals surface area contributed by atoms with Crippen molar-refractivity contribution in [3.05, 3.63) is 48.2 Å². The van der Waals surface area contributed by atoms with Crippen molar-refractivity contribution in [3.8, 4) is 11.3 Å². The maximum atomic E-state index is 5.58. The highest BCUT2D eigenvalue weighted by atomic mass is 15.0. The highest BCUT2D eigenvalue weighted by Gasteiger charge is 1.99. The van der Waals surface area contributed by atoms with Crippen LogP contribution < -0.4 is 5.73 Å². The van der Waals surface area contributed by atoms with Crippen LogP contribution in [0.3, 0.4) is 0 Å². The van der Waals surface area contributed by atoms with Gasteiger partial charge in [0.15, 0.2) is 0 Å². The molecule has 0 spiro atoms. The van der Waals surface area contributed by atoms with E-state index in [1.165, 1.54) is 5.56 Å². The molecule has 2 N–H and O–H groups in total. The molecule has 0 radical (unpaired) electrons. The number of hydrogen-bond donors (Lipinski definition) is 1. The summed E-state index contributed by atoms with van der Waals surface area (Å²) in [7, 11) is 4.10. The molecule has 0 amide bonds. The van der Waals surface area contributed by atoms with Crippen molar-refractivity contribution in [1.82, 2.24) is 14.9 Å². The molecule has 0 saturated carbocycles. The number of hydrogen-bond acceptors (Lipinski definition) is 4. The Kier molecular flexibility index (Phi) is 4.26. The van der Waals surface area contributed by atoms with Crippen LogP contribution in [0.5, 0.6) is 0 Å². The fraction of sp³-hybridized carbons (Fsp3) is 0.200. The monoisotopic (exact) mass is 254 g/mol. The van der Waals surface area contributed by atoms with Crippen molar-refractivity contribution in [2.24, 2.45) is 0 Å². The fourth-order valence-electron chi connectivity index (χ4n) is 1.70. The first-order valence-electron chi connectivity index (χ1n) is 6.15. The molecule has 4 heteroatoms. The minimum absolute atomic E-state index is 0.299. The van der Waals surface area contributed by atoms with Gasteiger partial charge in [-0.1, -0.05) is 36.4 Å². The Bertz CT molecular complexity index is 559. The van der Waals surface area contributed by atoms with E-state index in [9.17, 15) is 0 Å². The van der Waals surface area contributed by atoms with E-state index < -0.39 is 0 Å². The zero-order valence-corrected chi connectivity index (χ0v) is 11.2. The number of likely N-dealkylation sites (N-methyl/N-ethyl adjacent to an activating group) is 1. The van der Waals surface area contributed by atoms with Gasteiger partial charge in [0.25, 0.3) is 0 Å². The predicted molar refractivity (Wildman–Crippen MR) is 79.5 cm³/mol. The van der Waals surface area contributed by atoms with Crippen LogP contribution in [0.4, 0.5) is 5.95 Å². The fourth-order valence-corrected chi connectivity index (χ4v) is 1.70. The Labute approximate surface area is 113 Å². The molecule has 4 nitrogen and oxygen atoms in total. The van der Waals surface area contributed by atoms with Crippen molar-refractivity contribution in [1.29, 1.82) is 0 Å². The molecule has 19 heavy (non-hydrogen) atoms. The molecule has 0 aliphatic rings. The topological polar surface area (TPSA) is 55.0 Å². The zero-order chi connectivity index (χ0) is 13.7. The van der Waals surface area contributed by atoms with Gasteiger partial charge in [0.1, 0.15) is 0 Å². The summed E-state index contributed by atoms with van der Waals surface area (Å²) in [4.78, 5) is 10.2. The van der Waals surface area contributed by atoms with Gasteiger partial charge in [-0.05, 0) is 25.7 Å². The van der Waals surface area contributed by atoms with Gasteiger partial charge in [-0.15, -0.1) is 0 Å². The van der Waals surface area contributed by atoms with Gasteiger partial charge in [-0.3, -0.25) is 0 Å². The first kappa shape index (κ1) is 13.2. The first-order chi connectivity index (χ1) is 9.15. The number of anilines is 1. The van der Waals surface area contributed by atoms with Crippen molar-refractivity contribution < 1.29 is 0 Å². The van der Waals surface area contributed by atoms with Crippen LogP contribution in [0.25, 0.3) is 17.3 Å². The lowest BCUT2D eigenvalue weighted by Gasteiger charge is -2.04. The van der Waals surface area contributed by atoms with Gasteiger partial charge in [-0.2, -0.15) is 0 Å². The first-order valence-corrected chi connectivity index (χ1v) is 6.15. The van der Waals surface area contributed by atoms with Crippen LogP contribution in [0.1, 0.15) is 5.56 Å². The van der Waals surface area contributed by atoms with E-state index in [0.29, 0.717) is 5.95 Å². The van der Waals surface area contributed by atoms with E-state index in [1.807, 2.05) is 32.3 Å². The summed E-state index contributed by atoms with van der Waals surface area (Å²) in [6.07, 6.45) is 5.92. The third-order valence-electron chi connectivity index (χ3n) is 2.66. The molecule has 2 aromatic rings. The second kappa shape index (κ2) is 6.11. The lowest BCUT2D eigenvalue weighted by Crippen LogP contribution is -2.10. The predicted octanol–water partition coefficient (Wildman–Crippen LogP) is 2.30. The van der Waals surface area contributed by atoms with Gasteiger partial charge >= 0.3 is 0 Å². The summed E-state index contributed by atoms with van der Waals surface area (Å²) >= 11 is 0. The highest BCUT2D eigenvalue weighted by molar-refractivity contribution is 5.62. The molecule has 1 aromatic heterocycles. The van der Waals surface area contributed by atoms with Crippen molar-refractivity contribution in [2.75, 3.05) is 26.4 Å². The minimum atomic E-state index is 0.299. The molecule has 2 rings (SSSR count). The van der Waals surface area contributed by atoms with Gasteiger partial charge in [0, 0.05) is 18.3 Å². The largest absolute Gasteiger partial charge is 0.368 e. The number of nitrogens with zero attached hydrogens (tertiary/aromatic N) is 3. The van der Waals surface area contributed by atoms with Crippen LogP contribution >= 0.6 is 0 Å². The minimum Gasteiger partial charge on any atom is -0.368 e. The second-order valence-electron chi connectivity index (χ2n) is 4.59. The lowest BCUT2D eigenvalue weighted by atomic mass is 10.1. The van der Waals surface area contributed by atoms with Crippen LogP contribution in [0.2, 0.25) is 0 Å². The summed E-state index contributed by atoms with van der Waals surface area (Å²) in [5.41, 5.74) is 8.64. The number of benzene rings is 1. The molecule has 0 unspecified atom stereocenters. The van der Waals surface area contributed by atoms with Gasteiger partial charge in [0.2, 0.25) is 5.95 Å². The molecule has 0 aliphatic carbocycles. The Morgan fingerprint density at radius 1 is 1.16 bits per heavy atom. The van der Waals surface area contributed by atoms with Crippen LogP contribution in [-0.4, -0.2) is 35.5 Å². The molecule has 1 heterocycles. The van der Waals surface area contributed by atoms with E-state index in [1.54, 1.807) is 6.20 Å². The van der Waals surface area contributed by atoms with Crippen molar-refractivity contribution in [2.45, 2.75) is 0 Å². The van der Waals surface area contributed by atoms with Gasteiger partial charge < -0.3 is 10.6 Å². The number of aromatic nitrogens is 2. The summed E-state index contributed by atoms with van der Waals surface area (Å²) in [6, 6.07) is 10.1.